The van der Waals surface area contributed by atoms with E-state index in [1.165, 1.54) is 11.1 Å². The Kier molecular flexibility index (Phi) is 6.59. The first-order chi connectivity index (χ1) is 17.1. The van der Waals surface area contributed by atoms with Crippen LogP contribution in [0.4, 0.5) is 17.3 Å². The number of pyridine rings is 1. The standard InChI is InChI=1S/C24H26N6O5/c1-33-10-11-34-17-3-2-16-15-30(24(32)18(16)12-17)21-14-27-23(35-21)22(31)28-19-13-26-5-4-20(19)29-8-6-25-7-9-29/h2-5,12-14,25H,6-11,15H2,1H3,(H,28,31). The second-order valence-corrected chi connectivity index (χ2v) is 8.14. The molecule has 1 fully saturated rings. The molecule has 2 N–H and O–H groups in total. The first kappa shape index (κ1) is 22.8. The van der Waals surface area contributed by atoms with Gasteiger partial charge in [0.25, 0.3) is 11.8 Å². The van der Waals surface area contributed by atoms with Gasteiger partial charge in [0.15, 0.2) is 0 Å². The van der Waals surface area contributed by atoms with E-state index in [1.54, 1.807) is 25.6 Å². The summed E-state index contributed by atoms with van der Waals surface area (Å²) in [6.45, 7) is 4.55. The summed E-state index contributed by atoms with van der Waals surface area (Å²) in [5.41, 5.74) is 2.82. The molecule has 182 valence electrons. The minimum absolute atomic E-state index is 0.137. The molecule has 0 saturated carbocycles. The molecule has 35 heavy (non-hydrogen) atoms. The van der Waals surface area contributed by atoms with Gasteiger partial charge >= 0.3 is 5.91 Å². The van der Waals surface area contributed by atoms with Crippen molar-refractivity contribution in [3.05, 3.63) is 59.9 Å². The van der Waals surface area contributed by atoms with Crippen molar-refractivity contribution in [1.29, 1.82) is 0 Å². The van der Waals surface area contributed by atoms with Crippen LogP contribution in [0.3, 0.4) is 0 Å². The number of methoxy groups -OCH3 is 1. The summed E-state index contributed by atoms with van der Waals surface area (Å²) in [4.78, 5) is 37.8. The molecule has 0 atom stereocenters. The zero-order valence-electron chi connectivity index (χ0n) is 19.3. The molecule has 3 aromatic rings. The third-order valence-electron chi connectivity index (χ3n) is 5.90. The first-order valence-electron chi connectivity index (χ1n) is 11.4. The summed E-state index contributed by atoms with van der Waals surface area (Å²) in [7, 11) is 1.60. The van der Waals surface area contributed by atoms with Gasteiger partial charge in [-0.15, -0.1) is 0 Å². The van der Waals surface area contributed by atoms with E-state index in [2.05, 4.69) is 25.5 Å². The van der Waals surface area contributed by atoms with Crippen LogP contribution < -0.4 is 25.2 Å². The Morgan fingerprint density at radius 2 is 2.06 bits per heavy atom. The smallest absolute Gasteiger partial charge is 0.311 e. The van der Waals surface area contributed by atoms with Crippen molar-refractivity contribution in [2.24, 2.45) is 0 Å². The molecule has 1 saturated heterocycles. The predicted molar refractivity (Wildman–Crippen MR) is 128 cm³/mol. The summed E-state index contributed by atoms with van der Waals surface area (Å²) in [5.74, 6) is -0.105. The summed E-state index contributed by atoms with van der Waals surface area (Å²) >= 11 is 0. The second-order valence-electron chi connectivity index (χ2n) is 8.14. The molecule has 11 nitrogen and oxygen atoms in total. The second kappa shape index (κ2) is 10.1. The van der Waals surface area contributed by atoms with Crippen molar-refractivity contribution in [3.63, 3.8) is 0 Å². The molecule has 0 radical (unpaired) electrons. The fraction of sp³-hybridized carbons (Fsp3) is 0.333. The van der Waals surface area contributed by atoms with Gasteiger partial charge in [0, 0.05) is 45.0 Å². The van der Waals surface area contributed by atoms with Gasteiger partial charge < -0.3 is 29.4 Å². The Balaban J connectivity index is 1.28. The lowest BCUT2D eigenvalue weighted by molar-refractivity contribution is 0.0971. The van der Waals surface area contributed by atoms with Gasteiger partial charge in [0.05, 0.1) is 36.9 Å². The molecular formula is C24H26N6O5. The van der Waals surface area contributed by atoms with Crippen molar-refractivity contribution < 1.29 is 23.5 Å². The third kappa shape index (κ3) is 4.81. The number of hydrogen-bond donors (Lipinski definition) is 2. The van der Waals surface area contributed by atoms with Crippen LogP contribution in [-0.2, 0) is 11.3 Å². The number of aromatic nitrogens is 2. The number of piperazine rings is 1. The Morgan fingerprint density at radius 1 is 1.20 bits per heavy atom. The molecule has 0 bridgehead atoms. The molecule has 1 aromatic carbocycles. The van der Waals surface area contributed by atoms with E-state index in [-0.39, 0.29) is 17.7 Å². The minimum atomic E-state index is -0.515. The number of nitrogens with one attached hydrogen (secondary N) is 2. The SMILES string of the molecule is COCCOc1ccc2c(c1)C(=O)N(c1cnc(C(=O)Nc3cnccc3N3CCNCC3)o1)C2. The number of carbonyl (C=O) groups excluding carboxylic acids is 2. The lowest BCUT2D eigenvalue weighted by Gasteiger charge is -2.30. The van der Waals surface area contributed by atoms with Crippen LogP contribution in [0.2, 0.25) is 0 Å². The molecule has 2 aliphatic heterocycles. The average Bonchev–Trinajstić information content (AvgIpc) is 3.50. The van der Waals surface area contributed by atoms with E-state index in [0.29, 0.717) is 36.8 Å². The van der Waals surface area contributed by atoms with Crippen LogP contribution >= 0.6 is 0 Å². The molecule has 4 heterocycles. The lowest BCUT2D eigenvalue weighted by atomic mass is 10.1. The van der Waals surface area contributed by atoms with Crippen LogP contribution in [0.5, 0.6) is 5.75 Å². The molecule has 0 spiro atoms. The number of fused-ring (bicyclic) bond motifs is 1. The molecule has 2 aromatic heterocycles. The van der Waals surface area contributed by atoms with Crippen molar-refractivity contribution in [2.45, 2.75) is 6.54 Å². The van der Waals surface area contributed by atoms with E-state index >= 15 is 0 Å². The van der Waals surface area contributed by atoms with Crippen LogP contribution in [0, 0.1) is 0 Å². The van der Waals surface area contributed by atoms with Crippen LogP contribution in [0.15, 0.2) is 47.3 Å². The summed E-state index contributed by atoms with van der Waals surface area (Å²) in [6.07, 6.45) is 4.68. The molecule has 5 rings (SSSR count). The number of oxazole rings is 1. The fourth-order valence-electron chi connectivity index (χ4n) is 4.13. The molecular weight excluding hydrogens is 452 g/mol. The number of hydrogen-bond acceptors (Lipinski definition) is 9. The maximum Gasteiger partial charge on any atom is 0.311 e. The summed E-state index contributed by atoms with van der Waals surface area (Å²) < 4.78 is 16.3. The van der Waals surface area contributed by atoms with Crippen molar-refractivity contribution in [3.8, 4) is 5.75 Å². The van der Waals surface area contributed by atoms with E-state index < -0.39 is 5.91 Å². The Bertz CT molecular complexity index is 1220. The number of benzene rings is 1. The highest BCUT2D eigenvalue weighted by Crippen LogP contribution is 2.32. The maximum atomic E-state index is 13.0. The van der Waals surface area contributed by atoms with Gasteiger partial charge in [-0.2, -0.15) is 0 Å². The Hall–Kier alpha value is -3.96. The van der Waals surface area contributed by atoms with E-state index in [0.717, 1.165) is 37.4 Å². The minimum Gasteiger partial charge on any atom is -0.491 e. The number of amides is 2. The molecule has 2 aliphatic rings. The summed E-state index contributed by atoms with van der Waals surface area (Å²) in [5, 5.41) is 6.15. The third-order valence-corrected chi connectivity index (χ3v) is 5.90. The van der Waals surface area contributed by atoms with Gasteiger partial charge in [0.1, 0.15) is 12.4 Å². The Morgan fingerprint density at radius 3 is 2.89 bits per heavy atom. The summed E-state index contributed by atoms with van der Waals surface area (Å²) in [6, 6.07) is 7.24. The van der Waals surface area contributed by atoms with Crippen LogP contribution in [0.1, 0.15) is 26.6 Å². The van der Waals surface area contributed by atoms with Gasteiger partial charge in [0.2, 0.25) is 5.88 Å². The van der Waals surface area contributed by atoms with Gasteiger partial charge in [-0.3, -0.25) is 19.5 Å². The lowest BCUT2D eigenvalue weighted by Crippen LogP contribution is -2.43. The zero-order valence-corrected chi connectivity index (χ0v) is 19.3. The van der Waals surface area contributed by atoms with Crippen molar-refractivity contribution in [2.75, 3.05) is 61.6 Å². The van der Waals surface area contributed by atoms with E-state index in [1.807, 2.05) is 18.2 Å². The number of carbonyl (C=O) groups is 2. The highest BCUT2D eigenvalue weighted by molar-refractivity contribution is 6.10. The van der Waals surface area contributed by atoms with Crippen molar-refractivity contribution >= 4 is 29.1 Å². The zero-order chi connectivity index (χ0) is 24.2. The maximum absolute atomic E-state index is 13.0. The average molecular weight is 479 g/mol. The number of ether oxygens (including phenoxy) is 2. The predicted octanol–water partition coefficient (Wildman–Crippen LogP) is 1.92. The van der Waals surface area contributed by atoms with E-state index in [9.17, 15) is 9.59 Å². The van der Waals surface area contributed by atoms with Gasteiger partial charge in [-0.1, -0.05) is 6.07 Å². The normalized spacial score (nSPS) is 15.3. The molecule has 11 heteroatoms. The number of nitrogens with zero attached hydrogens (tertiary/aromatic N) is 4. The molecule has 2 amide bonds. The fourth-order valence-corrected chi connectivity index (χ4v) is 4.13. The quantitative estimate of drug-likeness (QED) is 0.468. The van der Waals surface area contributed by atoms with Crippen molar-refractivity contribution in [1.82, 2.24) is 15.3 Å². The topological polar surface area (TPSA) is 122 Å². The van der Waals surface area contributed by atoms with Crippen LogP contribution in [0.25, 0.3) is 0 Å². The monoisotopic (exact) mass is 478 g/mol. The largest absolute Gasteiger partial charge is 0.491 e. The van der Waals surface area contributed by atoms with E-state index in [4.69, 9.17) is 13.9 Å². The molecule has 0 aliphatic carbocycles. The highest BCUT2D eigenvalue weighted by atomic mass is 16.5. The first-order valence-corrected chi connectivity index (χ1v) is 11.4. The molecule has 0 unspecified atom stereocenters. The van der Waals surface area contributed by atoms with Crippen LogP contribution in [-0.4, -0.2) is 68.3 Å². The number of anilines is 3. The van der Waals surface area contributed by atoms with Gasteiger partial charge in [-0.05, 0) is 23.8 Å². The van der Waals surface area contributed by atoms with Gasteiger partial charge in [-0.25, -0.2) is 4.98 Å². The Labute approximate surface area is 202 Å². The highest BCUT2D eigenvalue weighted by Gasteiger charge is 2.32. The number of rotatable bonds is 8.